The van der Waals surface area contributed by atoms with Crippen molar-refractivity contribution in [3.05, 3.63) is 78.8 Å². The van der Waals surface area contributed by atoms with E-state index in [2.05, 4.69) is 6.58 Å². The molecule has 112 valence electrons. The van der Waals surface area contributed by atoms with Gasteiger partial charge >= 0.3 is 0 Å². The number of aliphatic hydroxyl groups is 1. The Morgan fingerprint density at radius 2 is 2.05 bits per heavy atom. The Labute approximate surface area is 127 Å². The van der Waals surface area contributed by atoms with Crippen LogP contribution in [0.2, 0.25) is 0 Å². The first-order chi connectivity index (χ1) is 10.7. The molecule has 0 amide bonds. The van der Waals surface area contributed by atoms with Crippen LogP contribution in [0, 0.1) is 5.82 Å². The molecule has 1 unspecified atom stereocenters. The summed E-state index contributed by atoms with van der Waals surface area (Å²) in [4.78, 5) is 0. The van der Waals surface area contributed by atoms with Gasteiger partial charge in [0.25, 0.3) is 0 Å². The molecular weight excluding hydrogens is 281 g/mol. The summed E-state index contributed by atoms with van der Waals surface area (Å²) in [7, 11) is 0. The first kappa shape index (κ1) is 14.4. The molecule has 0 saturated heterocycles. The van der Waals surface area contributed by atoms with E-state index < -0.39 is 6.23 Å². The number of aromatic nitrogens is 1. The van der Waals surface area contributed by atoms with Crippen LogP contribution in [-0.2, 0) is 6.61 Å². The summed E-state index contributed by atoms with van der Waals surface area (Å²) in [6.45, 7) is 3.88. The first-order valence-corrected chi connectivity index (χ1v) is 6.96. The molecule has 0 saturated carbocycles. The minimum atomic E-state index is -0.782. The van der Waals surface area contributed by atoms with Gasteiger partial charge in [-0.1, -0.05) is 24.8 Å². The minimum Gasteiger partial charge on any atom is -0.488 e. The van der Waals surface area contributed by atoms with Crippen molar-refractivity contribution in [2.45, 2.75) is 12.8 Å². The quantitative estimate of drug-likeness (QED) is 0.721. The van der Waals surface area contributed by atoms with Gasteiger partial charge in [0.2, 0.25) is 0 Å². The average Bonchev–Trinajstić information content (AvgIpc) is 2.97. The molecular formula is C18H16FNO2. The minimum absolute atomic E-state index is 0.278. The molecule has 0 bridgehead atoms. The van der Waals surface area contributed by atoms with E-state index in [1.54, 1.807) is 16.8 Å². The fraction of sp³-hybridized carbons (Fsp3) is 0.111. The van der Waals surface area contributed by atoms with E-state index in [9.17, 15) is 9.50 Å². The van der Waals surface area contributed by atoms with Crippen LogP contribution >= 0.6 is 0 Å². The maximum Gasteiger partial charge on any atom is 0.149 e. The van der Waals surface area contributed by atoms with Crippen LogP contribution in [0.3, 0.4) is 0 Å². The summed E-state index contributed by atoms with van der Waals surface area (Å²) >= 11 is 0. The number of halogens is 1. The van der Waals surface area contributed by atoms with Crippen molar-refractivity contribution < 1.29 is 14.2 Å². The average molecular weight is 297 g/mol. The van der Waals surface area contributed by atoms with Crippen LogP contribution in [0.25, 0.3) is 10.9 Å². The van der Waals surface area contributed by atoms with Gasteiger partial charge in [-0.05, 0) is 42.0 Å². The molecule has 3 rings (SSSR count). The Kier molecular flexibility index (Phi) is 3.94. The monoisotopic (exact) mass is 297 g/mol. The lowest BCUT2D eigenvalue weighted by Gasteiger charge is -2.11. The Morgan fingerprint density at radius 3 is 2.82 bits per heavy atom. The van der Waals surface area contributed by atoms with Crippen molar-refractivity contribution in [2.75, 3.05) is 0 Å². The van der Waals surface area contributed by atoms with Crippen molar-refractivity contribution in [1.29, 1.82) is 0 Å². The van der Waals surface area contributed by atoms with Gasteiger partial charge in [0.05, 0.1) is 5.52 Å². The lowest BCUT2D eigenvalue weighted by molar-refractivity contribution is 0.160. The SMILES string of the molecule is C=CC(O)n1ccc2c(OCc3cccc(F)c3)cccc21. The van der Waals surface area contributed by atoms with E-state index in [0.717, 1.165) is 16.5 Å². The normalized spacial score (nSPS) is 12.3. The lowest BCUT2D eigenvalue weighted by Crippen LogP contribution is -2.02. The molecule has 3 aromatic rings. The van der Waals surface area contributed by atoms with Gasteiger partial charge in [-0.25, -0.2) is 4.39 Å². The summed E-state index contributed by atoms with van der Waals surface area (Å²) in [5.74, 6) is 0.413. The van der Waals surface area contributed by atoms with Crippen LogP contribution in [-0.4, -0.2) is 9.67 Å². The van der Waals surface area contributed by atoms with Crippen LogP contribution in [0.5, 0.6) is 5.75 Å². The van der Waals surface area contributed by atoms with Crippen molar-refractivity contribution >= 4 is 10.9 Å². The molecule has 0 aliphatic heterocycles. The van der Waals surface area contributed by atoms with Gasteiger partial charge in [-0.3, -0.25) is 0 Å². The van der Waals surface area contributed by atoms with E-state index in [1.807, 2.05) is 30.3 Å². The zero-order valence-corrected chi connectivity index (χ0v) is 11.9. The third-order valence-electron chi connectivity index (χ3n) is 3.50. The zero-order chi connectivity index (χ0) is 15.5. The molecule has 0 fully saturated rings. The number of rotatable bonds is 5. The largest absolute Gasteiger partial charge is 0.488 e. The molecule has 2 aromatic carbocycles. The fourth-order valence-corrected chi connectivity index (χ4v) is 2.42. The molecule has 0 radical (unpaired) electrons. The molecule has 0 aliphatic carbocycles. The van der Waals surface area contributed by atoms with Crippen LogP contribution < -0.4 is 4.74 Å². The van der Waals surface area contributed by atoms with E-state index in [-0.39, 0.29) is 12.4 Å². The topological polar surface area (TPSA) is 34.4 Å². The molecule has 0 aliphatic rings. The Hall–Kier alpha value is -2.59. The van der Waals surface area contributed by atoms with Crippen molar-refractivity contribution in [3.63, 3.8) is 0 Å². The maximum atomic E-state index is 13.2. The van der Waals surface area contributed by atoms with Crippen LogP contribution in [0.15, 0.2) is 67.4 Å². The van der Waals surface area contributed by atoms with Gasteiger partial charge in [0.1, 0.15) is 24.4 Å². The standard InChI is InChI=1S/C18H16FNO2/c1-2-18(21)20-10-9-15-16(20)7-4-8-17(15)22-12-13-5-3-6-14(19)11-13/h2-11,18,21H,1,12H2. The molecule has 22 heavy (non-hydrogen) atoms. The Morgan fingerprint density at radius 1 is 1.23 bits per heavy atom. The second-order valence-corrected chi connectivity index (χ2v) is 4.98. The van der Waals surface area contributed by atoms with E-state index >= 15 is 0 Å². The third-order valence-corrected chi connectivity index (χ3v) is 3.50. The van der Waals surface area contributed by atoms with Gasteiger partial charge < -0.3 is 14.4 Å². The predicted octanol–water partition coefficient (Wildman–Crippen LogP) is 4.04. The lowest BCUT2D eigenvalue weighted by atomic mass is 10.2. The van der Waals surface area contributed by atoms with Crippen molar-refractivity contribution in [2.24, 2.45) is 0 Å². The van der Waals surface area contributed by atoms with Gasteiger partial charge in [0, 0.05) is 11.6 Å². The van der Waals surface area contributed by atoms with Crippen molar-refractivity contribution in [3.8, 4) is 5.75 Å². The first-order valence-electron chi connectivity index (χ1n) is 6.96. The number of hydrogen-bond acceptors (Lipinski definition) is 2. The number of ether oxygens (including phenoxy) is 1. The number of fused-ring (bicyclic) bond motifs is 1. The highest BCUT2D eigenvalue weighted by atomic mass is 19.1. The molecule has 1 N–H and O–H groups in total. The molecule has 3 nitrogen and oxygen atoms in total. The van der Waals surface area contributed by atoms with E-state index in [0.29, 0.717) is 5.75 Å². The van der Waals surface area contributed by atoms with Gasteiger partial charge in [0.15, 0.2) is 0 Å². The van der Waals surface area contributed by atoms with Crippen LogP contribution in [0.1, 0.15) is 11.8 Å². The highest BCUT2D eigenvalue weighted by Crippen LogP contribution is 2.29. The molecule has 1 heterocycles. The second kappa shape index (κ2) is 6.03. The molecule has 1 atom stereocenters. The predicted molar refractivity (Wildman–Crippen MR) is 84.1 cm³/mol. The summed E-state index contributed by atoms with van der Waals surface area (Å²) in [6.07, 6.45) is 2.46. The molecule has 1 aromatic heterocycles. The maximum absolute atomic E-state index is 13.2. The smallest absolute Gasteiger partial charge is 0.149 e. The number of aliphatic hydroxyl groups excluding tert-OH is 1. The third kappa shape index (κ3) is 2.73. The number of hydrogen-bond donors (Lipinski definition) is 1. The highest BCUT2D eigenvalue weighted by molar-refractivity contribution is 5.86. The Balaban J connectivity index is 1.88. The summed E-state index contributed by atoms with van der Waals surface area (Å²) in [5.41, 5.74) is 1.62. The van der Waals surface area contributed by atoms with Crippen molar-refractivity contribution in [1.82, 2.24) is 4.57 Å². The fourth-order valence-electron chi connectivity index (χ4n) is 2.42. The Bertz CT molecular complexity index is 810. The summed E-state index contributed by atoms with van der Waals surface area (Å²) in [5, 5.41) is 10.8. The zero-order valence-electron chi connectivity index (χ0n) is 11.9. The molecule has 4 heteroatoms. The summed E-state index contributed by atoms with van der Waals surface area (Å²) in [6, 6.07) is 13.8. The van der Waals surface area contributed by atoms with Gasteiger partial charge in [-0.15, -0.1) is 0 Å². The second-order valence-electron chi connectivity index (χ2n) is 4.98. The number of nitrogens with zero attached hydrogens (tertiary/aromatic N) is 1. The highest BCUT2D eigenvalue weighted by Gasteiger charge is 2.10. The molecule has 0 spiro atoms. The summed E-state index contributed by atoms with van der Waals surface area (Å²) < 4.78 is 20.7. The number of benzene rings is 2. The van der Waals surface area contributed by atoms with Gasteiger partial charge in [-0.2, -0.15) is 0 Å². The van der Waals surface area contributed by atoms with E-state index in [1.165, 1.54) is 18.2 Å². The van der Waals surface area contributed by atoms with Crippen LogP contribution in [0.4, 0.5) is 4.39 Å². The van der Waals surface area contributed by atoms with E-state index in [4.69, 9.17) is 4.74 Å².